The van der Waals surface area contributed by atoms with Gasteiger partial charge in [-0.1, -0.05) is 18.2 Å². The summed E-state index contributed by atoms with van der Waals surface area (Å²) in [6.07, 6.45) is 1.77. The number of carbonyl (C=O) groups excluding carboxylic acids is 2. The zero-order valence-electron chi connectivity index (χ0n) is 16.8. The molecule has 2 aliphatic rings. The number of para-hydroxylation sites is 1. The third kappa shape index (κ3) is 5.23. The Morgan fingerprint density at radius 1 is 1.00 bits per heavy atom. The smallest absolute Gasteiger partial charge is 0.219 e. The maximum Gasteiger partial charge on any atom is 0.219 e. The van der Waals surface area contributed by atoms with Crippen LogP contribution in [0.15, 0.2) is 30.3 Å². The van der Waals surface area contributed by atoms with E-state index in [1.165, 1.54) is 0 Å². The van der Waals surface area contributed by atoms with Crippen molar-refractivity contribution in [3.63, 3.8) is 0 Å². The second kappa shape index (κ2) is 8.92. The fraction of sp³-hybridized carbons (Fsp3) is 0.619. The monoisotopic (exact) mass is 389 g/mol. The number of rotatable bonds is 4. The highest BCUT2D eigenvalue weighted by atomic mass is 16.5. The number of carbonyl (C=O) groups is 2. The summed E-state index contributed by atoms with van der Waals surface area (Å²) in [6.45, 7) is 6.79. The molecule has 1 atom stereocenters. The first kappa shape index (κ1) is 20.6. The van der Waals surface area contributed by atoms with E-state index in [0.29, 0.717) is 24.9 Å². The van der Waals surface area contributed by atoms with E-state index in [9.17, 15) is 14.7 Å². The van der Waals surface area contributed by atoms with Crippen LogP contribution in [0.4, 0.5) is 0 Å². The number of aliphatic hydroxyl groups is 1. The van der Waals surface area contributed by atoms with Crippen LogP contribution >= 0.6 is 0 Å². The molecule has 28 heavy (non-hydrogen) atoms. The van der Waals surface area contributed by atoms with Crippen LogP contribution in [0.25, 0.3) is 0 Å². The summed E-state index contributed by atoms with van der Waals surface area (Å²) in [7, 11) is 0. The largest absolute Gasteiger partial charge is 0.490 e. The summed E-state index contributed by atoms with van der Waals surface area (Å²) in [5.41, 5.74) is -1.14. The van der Waals surface area contributed by atoms with Gasteiger partial charge >= 0.3 is 0 Å². The molecule has 0 aromatic heterocycles. The summed E-state index contributed by atoms with van der Waals surface area (Å²) >= 11 is 0. The van der Waals surface area contributed by atoms with Crippen molar-refractivity contribution < 1.29 is 19.4 Å². The molecule has 0 bridgehead atoms. The number of benzene rings is 1. The minimum absolute atomic E-state index is 0.0358. The quantitative estimate of drug-likeness (QED) is 0.831. The summed E-state index contributed by atoms with van der Waals surface area (Å²) in [4.78, 5) is 29.5. The Kier molecular flexibility index (Phi) is 6.57. The van der Waals surface area contributed by atoms with Gasteiger partial charge in [0.1, 0.15) is 18.0 Å². The van der Waals surface area contributed by atoms with Crippen LogP contribution in [0, 0.1) is 0 Å². The average molecular weight is 389 g/mol. The molecule has 0 saturated carbocycles. The first-order chi connectivity index (χ1) is 13.4. The minimum atomic E-state index is -1.14. The summed E-state index contributed by atoms with van der Waals surface area (Å²) in [5.74, 6) is 0.784. The normalized spacial score (nSPS) is 24.7. The van der Waals surface area contributed by atoms with Gasteiger partial charge in [0.15, 0.2) is 0 Å². The van der Waals surface area contributed by atoms with Crippen molar-refractivity contribution in [2.45, 2.75) is 38.3 Å². The fourth-order valence-corrected chi connectivity index (χ4v) is 4.14. The molecule has 2 heterocycles. The Bertz CT molecular complexity index is 675. The third-order valence-electron chi connectivity index (χ3n) is 5.76. The number of β-amino-alcohol motifs (C(OH)–C–C–N with tert-alkyl or cyclic N) is 1. The Hall–Kier alpha value is -2.12. The van der Waals surface area contributed by atoms with E-state index in [4.69, 9.17) is 4.74 Å². The fourth-order valence-electron chi connectivity index (χ4n) is 4.14. The first-order valence-corrected chi connectivity index (χ1v) is 10.0. The van der Waals surface area contributed by atoms with E-state index in [1.807, 2.05) is 35.2 Å². The van der Waals surface area contributed by atoms with E-state index in [1.54, 1.807) is 18.7 Å². The highest BCUT2D eigenvalue weighted by Crippen LogP contribution is 2.23. The molecule has 2 aliphatic heterocycles. The second-order valence-corrected chi connectivity index (χ2v) is 7.97. The summed E-state index contributed by atoms with van der Waals surface area (Å²) in [5, 5.41) is 11.3. The lowest BCUT2D eigenvalue weighted by Gasteiger charge is -2.40. The van der Waals surface area contributed by atoms with Gasteiger partial charge in [-0.05, 0) is 25.0 Å². The predicted molar refractivity (Wildman–Crippen MR) is 106 cm³/mol. The standard InChI is InChI=1S/C21H31N3O4/c1-17(25)22-10-8-19(9-11-22)24-13-12-23(18(2)26)14-21(27,15-24)16-28-20-6-4-3-5-7-20/h3-7,19,27H,8-16H2,1-2H3/t21-/m0/s1. The van der Waals surface area contributed by atoms with Gasteiger partial charge in [0.2, 0.25) is 11.8 Å². The first-order valence-electron chi connectivity index (χ1n) is 10.0. The van der Waals surface area contributed by atoms with Gasteiger partial charge in [0.05, 0.1) is 6.54 Å². The van der Waals surface area contributed by atoms with Crippen molar-refractivity contribution in [3.8, 4) is 5.75 Å². The van der Waals surface area contributed by atoms with Gasteiger partial charge < -0.3 is 19.6 Å². The van der Waals surface area contributed by atoms with Crippen LogP contribution < -0.4 is 4.74 Å². The molecule has 7 nitrogen and oxygen atoms in total. The second-order valence-electron chi connectivity index (χ2n) is 7.97. The lowest BCUT2D eigenvalue weighted by molar-refractivity contribution is -0.132. The number of ether oxygens (including phenoxy) is 1. The van der Waals surface area contributed by atoms with Crippen LogP contribution in [-0.4, -0.2) is 89.1 Å². The summed E-state index contributed by atoms with van der Waals surface area (Å²) < 4.78 is 5.85. The van der Waals surface area contributed by atoms with E-state index >= 15 is 0 Å². The Morgan fingerprint density at radius 2 is 1.64 bits per heavy atom. The molecular formula is C21H31N3O4. The minimum Gasteiger partial charge on any atom is -0.490 e. The van der Waals surface area contributed by atoms with Crippen LogP contribution in [0.2, 0.25) is 0 Å². The number of likely N-dealkylation sites (tertiary alicyclic amines) is 1. The molecule has 154 valence electrons. The molecule has 0 unspecified atom stereocenters. The number of hydrogen-bond acceptors (Lipinski definition) is 5. The van der Waals surface area contributed by atoms with E-state index in [0.717, 1.165) is 32.5 Å². The molecule has 0 spiro atoms. The zero-order chi connectivity index (χ0) is 20.1. The molecule has 1 aromatic carbocycles. The highest BCUT2D eigenvalue weighted by Gasteiger charge is 2.39. The Balaban J connectivity index is 1.68. The van der Waals surface area contributed by atoms with E-state index in [-0.39, 0.29) is 25.0 Å². The topological polar surface area (TPSA) is 73.3 Å². The number of hydrogen-bond donors (Lipinski definition) is 1. The number of piperidine rings is 1. The molecule has 0 radical (unpaired) electrons. The molecule has 2 fully saturated rings. The third-order valence-corrected chi connectivity index (χ3v) is 5.76. The Labute approximate surface area is 166 Å². The molecule has 0 aliphatic carbocycles. The van der Waals surface area contributed by atoms with Crippen LogP contribution in [0.5, 0.6) is 5.75 Å². The van der Waals surface area contributed by atoms with Crippen molar-refractivity contribution in [2.24, 2.45) is 0 Å². The van der Waals surface area contributed by atoms with Crippen molar-refractivity contribution in [3.05, 3.63) is 30.3 Å². The van der Waals surface area contributed by atoms with Crippen LogP contribution in [0.3, 0.4) is 0 Å². The highest BCUT2D eigenvalue weighted by molar-refractivity contribution is 5.73. The summed E-state index contributed by atoms with van der Waals surface area (Å²) in [6, 6.07) is 9.72. The van der Waals surface area contributed by atoms with Crippen molar-refractivity contribution in [2.75, 3.05) is 45.9 Å². The zero-order valence-corrected chi connectivity index (χ0v) is 16.8. The lowest BCUT2D eigenvalue weighted by atomic mass is 9.99. The van der Waals surface area contributed by atoms with Crippen LogP contribution in [-0.2, 0) is 9.59 Å². The molecule has 1 N–H and O–H groups in total. The van der Waals surface area contributed by atoms with Gasteiger partial charge in [0.25, 0.3) is 0 Å². The van der Waals surface area contributed by atoms with Crippen molar-refractivity contribution in [1.29, 1.82) is 0 Å². The maximum atomic E-state index is 12.0. The van der Waals surface area contributed by atoms with Gasteiger partial charge in [-0.3, -0.25) is 14.5 Å². The SMILES string of the molecule is CC(=O)N1CCC(N2CCN(C(C)=O)C[C@@](O)(COc3ccccc3)C2)CC1. The Morgan fingerprint density at radius 3 is 2.25 bits per heavy atom. The molecule has 2 amide bonds. The van der Waals surface area contributed by atoms with Gasteiger partial charge in [-0.15, -0.1) is 0 Å². The van der Waals surface area contributed by atoms with Gasteiger partial charge in [-0.25, -0.2) is 0 Å². The number of nitrogens with zero attached hydrogens (tertiary/aromatic N) is 3. The predicted octanol–water partition coefficient (Wildman–Crippen LogP) is 0.972. The van der Waals surface area contributed by atoms with E-state index < -0.39 is 5.60 Å². The molecular weight excluding hydrogens is 358 g/mol. The maximum absolute atomic E-state index is 12.0. The van der Waals surface area contributed by atoms with Crippen molar-refractivity contribution in [1.82, 2.24) is 14.7 Å². The molecule has 7 heteroatoms. The van der Waals surface area contributed by atoms with Crippen molar-refractivity contribution >= 4 is 11.8 Å². The van der Waals surface area contributed by atoms with Gasteiger partial charge in [0, 0.05) is 52.6 Å². The molecule has 1 aromatic rings. The lowest BCUT2D eigenvalue weighted by Crippen LogP contribution is -2.54. The molecule has 3 rings (SSSR count). The molecule has 2 saturated heterocycles. The van der Waals surface area contributed by atoms with Gasteiger partial charge in [-0.2, -0.15) is 0 Å². The number of amides is 2. The van der Waals surface area contributed by atoms with E-state index in [2.05, 4.69) is 4.90 Å². The average Bonchev–Trinajstić information content (AvgIpc) is 2.87. The van der Waals surface area contributed by atoms with Crippen LogP contribution in [0.1, 0.15) is 26.7 Å².